The third-order valence-corrected chi connectivity index (χ3v) is 7.14. The molecule has 4 nitrogen and oxygen atoms in total. The predicted molar refractivity (Wildman–Crippen MR) is 103 cm³/mol. The molecule has 0 aliphatic carbocycles. The first kappa shape index (κ1) is 16.3. The Labute approximate surface area is 159 Å². The van der Waals surface area contributed by atoms with Gasteiger partial charge in [0.05, 0.1) is 5.56 Å². The van der Waals surface area contributed by atoms with Gasteiger partial charge in [-0.15, -0.1) is 22.7 Å². The molecule has 0 bridgehead atoms. The molecule has 0 aromatic carbocycles. The van der Waals surface area contributed by atoms with Crippen molar-refractivity contribution in [2.75, 3.05) is 6.54 Å². The van der Waals surface area contributed by atoms with E-state index in [4.69, 9.17) is 9.15 Å². The molecule has 0 radical (unpaired) electrons. The van der Waals surface area contributed by atoms with Crippen LogP contribution in [0.2, 0.25) is 0 Å². The number of fused-ring (bicyclic) bond motifs is 2. The van der Waals surface area contributed by atoms with Crippen molar-refractivity contribution in [1.82, 2.24) is 4.90 Å². The Bertz CT molecular complexity index is 962. The minimum absolute atomic E-state index is 0.00194. The van der Waals surface area contributed by atoms with Crippen LogP contribution in [0.5, 0.6) is 5.75 Å². The lowest BCUT2D eigenvalue weighted by Gasteiger charge is -2.37. The van der Waals surface area contributed by atoms with E-state index < -0.39 is 0 Å². The van der Waals surface area contributed by atoms with Gasteiger partial charge in [-0.1, -0.05) is 12.1 Å². The lowest BCUT2D eigenvalue weighted by molar-refractivity contribution is 0.00703. The summed E-state index contributed by atoms with van der Waals surface area (Å²) in [6.07, 6.45) is 1.02. The summed E-state index contributed by atoms with van der Waals surface area (Å²) in [5, 5.41) is 4.19. The molecule has 5 rings (SSSR count). The first-order chi connectivity index (χ1) is 12.7. The SMILES string of the molecule is Cc1cc2c(c(=O)o1)[C@@H](c1cccs1)[C@@H]1CCN(Cc3cccs3)[C@@H]1O2. The summed E-state index contributed by atoms with van der Waals surface area (Å²) in [5.41, 5.74) is 0.436. The fourth-order valence-electron chi connectivity index (χ4n) is 4.26. The number of likely N-dealkylation sites (tertiary alicyclic amines) is 1. The molecule has 1 fully saturated rings. The second kappa shape index (κ2) is 6.37. The van der Waals surface area contributed by atoms with Gasteiger partial charge in [0.1, 0.15) is 11.5 Å². The molecule has 3 aromatic rings. The normalized spacial score (nSPS) is 24.9. The maximum absolute atomic E-state index is 12.7. The van der Waals surface area contributed by atoms with E-state index in [0.29, 0.717) is 17.1 Å². The van der Waals surface area contributed by atoms with Crippen LogP contribution < -0.4 is 10.4 Å². The Morgan fingerprint density at radius 2 is 2.08 bits per heavy atom. The van der Waals surface area contributed by atoms with Gasteiger partial charge in [-0.2, -0.15) is 0 Å². The lowest BCUT2D eigenvalue weighted by Crippen LogP contribution is -2.43. The zero-order valence-electron chi connectivity index (χ0n) is 14.4. The van der Waals surface area contributed by atoms with Crippen LogP contribution in [0.15, 0.2) is 50.3 Å². The maximum atomic E-state index is 12.7. The van der Waals surface area contributed by atoms with Crippen LogP contribution in [-0.2, 0) is 6.54 Å². The van der Waals surface area contributed by atoms with E-state index in [2.05, 4.69) is 39.9 Å². The average molecular weight is 386 g/mol. The van der Waals surface area contributed by atoms with Gasteiger partial charge in [0, 0.05) is 40.7 Å². The van der Waals surface area contributed by atoms with Crippen molar-refractivity contribution in [3.8, 4) is 5.75 Å². The van der Waals surface area contributed by atoms with E-state index in [9.17, 15) is 4.79 Å². The second-order valence-electron chi connectivity index (χ2n) is 6.93. The van der Waals surface area contributed by atoms with Gasteiger partial charge in [0.25, 0.3) is 0 Å². The first-order valence-corrected chi connectivity index (χ1v) is 10.6. The molecular formula is C20H19NO3S2. The van der Waals surface area contributed by atoms with Crippen molar-refractivity contribution in [2.24, 2.45) is 5.92 Å². The molecule has 0 spiro atoms. The zero-order valence-corrected chi connectivity index (χ0v) is 16.0. The van der Waals surface area contributed by atoms with Crippen molar-refractivity contribution < 1.29 is 9.15 Å². The Hall–Kier alpha value is -1.89. The molecule has 0 amide bonds. The highest BCUT2D eigenvalue weighted by molar-refractivity contribution is 7.10. The standard InChI is InChI=1S/C20H19NO3S2/c1-12-10-15-18(20(22)23-12)17(16-5-3-9-26-16)14-6-7-21(19(14)24-15)11-13-4-2-8-25-13/h2-5,8-10,14,17,19H,6-7,11H2,1H3/t14-,17+,19+/m0/s1. The summed E-state index contributed by atoms with van der Waals surface area (Å²) in [7, 11) is 0. The Morgan fingerprint density at radius 3 is 2.85 bits per heavy atom. The molecule has 2 aliphatic rings. The zero-order chi connectivity index (χ0) is 17.7. The first-order valence-electron chi connectivity index (χ1n) is 8.82. The maximum Gasteiger partial charge on any atom is 0.343 e. The van der Waals surface area contributed by atoms with Crippen LogP contribution in [0.4, 0.5) is 0 Å². The third kappa shape index (κ3) is 2.64. The molecule has 0 unspecified atom stereocenters. The number of ether oxygens (including phenoxy) is 1. The van der Waals surface area contributed by atoms with E-state index in [1.807, 2.05) is 6.07 Å². The largest absolute Gasteiger partial charge is 0.474 e. The quantitative estimate of drug-likeness (QED) is 0.668. The van der Waals surface area contributed by atoms with Crippen LogP contribution in [0.1, 0.15) is 33.4 Å². The molecule has 26 heavy (non-hydrogen) atoms. The van der Waals surface area contributed by atoms with E-state index in [1.165, 1.54) is 9.75 Å². The minimum atomic E-state index is -0.256. The second-order valence-corrected chi connectivity index (χ2v) is 8.94. The molecule has 5 heterocycles. The van der Waals surface area contributed by atoms with Crippen molar-refractivity contribution in [1.29, 1.82) is 0 Å². The van der Waals surface area contributed by atoms with Gasteiger partial charge in [-0.25, -0.2) is 4.79 Å². The highest BCUT2D eigenvalue weighted by atomic mass is 32.1. The number of thiophene rings is 2. The van der Waals surface area contributed by atoms with E-state index in [0.717, 1.165) is 19.5 Å². The summed E-state index contributed by atoms with van der Waals surface area (Å²) in [5.74, 6) is 1.61. The number of hydrogen-bond acceptors (Lipinski definition) is 6. The molecule has 3 atom stereocenters. The Kier molecular flexibility index (Phi) is 3.99. The molecule has 2 aliphatic heterocycles. The molecule has 0 N–H and O–H groups in total. The summed E-state index contributed by atoms with van der Waals surface area (Å²) >= 11 is 3.49. The van der Waals surface area contributed by atoms with Crippen LogP contribution in [0.3, 0.4) is 0 Å². The highest BCUT2D eigenvalue weighted by Crippen LogP contribution is 2.49. The summed E-state index contributed by atoms with van der Waals surface area (Å²) in [6, 6.07) is 10.3. The number of nitrogens with zero attached hydrogens (tertiary/aromatic N) is 1. The smallest absolute Gasteiger partial charge is 0.343 e. The van der Waals surface area contributed by atoms with Gasteiger partial charge >= 0.3 is 5.63 Å². The number of aryl methyl sites for hydroxylation is 1. The summed E-state index contributed by atoms with van der Waals surface area (Å²) in [6.45, 7) is 3.68. The molecule has 1 saturated heterocycles. The third-order valence-electron chi connectivity index (χ3n) is 5.32. The van der Waals surface area contributed by atoms with Gasteiger partial charge in [0.2, 0.25) is 0 Å². The highest BCUT2D eigenvalue weighted by Gasteiger charge is 2.47. The van der Waals surface area contributed by atoms with Crippen LogP contribution in [0.25, 0.3) is 0 Å². The van der Waals surface area contributed by atoms with E-state index in [-0.39, 0.29) is 23.7 Å². The van der Waals surface area contributed by atoms with Crippen LogP contribution in [-0.4, -0.2) is 17.7 Å². The molecule has 3 aromatic heterocycles. The number of rotatable bonds is 3. The van der Waals surface area contributed by atoms with Crippen molar-refractivity contribution in [2.45, 2.75) is 32.0 Å². The van der Waals surface area contributed by atoms with E-state index >= 15 is 0 Å². The van der Waals surface area contributed by atoms with Gasteiger partial charge in [-0.05, 0) is 36.2 Å². The average Bonchev–Trinajstić information content (AvgIpc) is 3.35. The van der Waals surface area contributed by atoms with Gasteiger partial charge < -0.3 is 9.15 Å². The van der Waals surface area contributed by atoms with E-state index in [1.54, 1.807) is 29.6 Å². The van der Waals surface area contributed by atoms with Crippen LogP contribution >= 0.6 is 22.7 Å². The molecular weight excluding hydrogens is 366 g/mol. The fraction of sp³-hybridized carbons (Fsp3) is 0.350. The summed E-state index contributed by atoms with van der Waals surface area (Å²) < 4.78 is 11.8. The van der Waals surface area contributed by atoms with Crippen molar-refractivity contribution in [3.05, 3.63) is 72.6 Å². The minimum Gasteiger partial charge on any atom is -0.474 e. The molecule has 6 heteroatoms. The molecule has 134 valence electrons. The Balaban J connectivity index is 1.58. The molecule has 0 saturated carbocycles. The van der Waals surface area contributed by atoms with Gasteiger partial charge in [-0.3, -0.25) is 4.90 Å². The fourth-order valence-corrected chi connectivity index (χ4v) is 5.90. The summed E-state index contributed by atoms with van der Waals surface area (Å²) in [4.78, 5) is 17.6. The van der Waals surface area contributed by atoms with Crippen LogP contribution in [0, 0.1) is 12.8 Å². The van der Waals surface area contributed by atoms with Gasteiger partial charge in [0.15, 0.2) is 6.23 Å². The lowest BCUT2D eigenvalue weighted by atomic mass is 9.81. The Morgan fingerprint density at radius 1 is 1.23 bits per heavy atom. The van der Waals surface area contributed by atoms with Crippen molar-refractivity contribution >= 4 is 22.7 Å². The number of hydrogen-bond donors (Lipinski definition) is 0. The predicted octanol–water partition coefficient (Wildman–Crippen LogP) is 4.44. The monoisotopic (exact) mass is 385 g/mol. The topological polar surface area (TPSA) is 42.7 Å². The van der Waals surface area contributed by atoms with Crippen molar-refractivity contribution in [3.63, 3.8) is 0 Å².